The molecule has 4 heteroatoms. The van der Waals surface area contributed by atoms with E-state index in [1.807, 2.05) is 0 Å². The molecule has 15 heavy (non-hydrogen) atoms. The molecular weight excluding hydrogens is 263 g/mol. The highest BCUT2D eigenvalue weighted by molar-refractivity contribution is 9.10. The summed E-state index contributed by atoms with van der Waals surface area (Å²) in [7, 11) is 0. The number of carboxylic acids is 1. The Kier molecular flexibility index (Phi) is 3.85. The summed E-state index contributed by atoms with van der Waals surface area (Å²) in [5, 5.41) is 8.82. The number of hydrogen-bond donors (Lipinski definition) is 1. The standard InChI is InChI=1S/C11H12BrFO2/c1-6(11(14)15)8-3-4-9(7(2)13)10(12)5-8/h3-7H,1-2H3,(H,14,15). The molecule has 0 bridgehead atoms. The van der Waals surface area contributed by atoms with Crippen LogP contribution in [0.4, 0.5) is 4.39 Å². The van der Waals surface area contributed by atoms with Gasteiger partial charge in [0.2, 0.25) is 0 Å². The van der Waals surface area contributed by atoms with Gasteiger partial charge >= 0.3 is 5.97 Å². The Morgan fingerprint density at radius 3 is 2.47 bits per heavy atom. The van der Waals surface area contributed by atoms with Crippen molar-refractivity contribution in [3.8, 4) is 0 Å². The summed E-state index contributed by atoms with van der Waals surface area (Å²) < 4.78 is 13.7. The summed E-state index contributed by atoms with van der Waals surface area (Å²) in [5.74, 6) is -1.46. The average molecular weight is 275 g/mol. The van der Waals surface area contributed by atoms with Gasteiger partial charge in [0.1, 0.15) is 6.17 Å². The lowest BCUT2D eigenvalue weighted by Crippen LogP contribution is -2.07. The smallest absolute Gasteiger partial charge is 0.310 e. The highest BCUT2D eigenvalue weighted by Gasteiger charge is 2.16. The molecule has 0 aliphatic heterocycles. The second-order valence-corrected chi connectivity index (χ2v) is 4.31. The van der Waals surface area contributed by atoms with Crippen molar-refractivity contribution in [2.24, 2.45) is 0 Å². The van der Waals surface area contributed by atoms with E-state index in [0.717, 1.165) is 0 Å². The molecule has 2 nitrogen and oxygen atoms in total. The summed E-state index contributed by atoms with van der Waals surface area (Å²) in [6.45, 7) is 3.04. The average Bonchev–Trinajstić information content (AvgIpc) is 2.15. The lowest BCUT2D eigenvalue weighted by atomic mass is 9.99. The van der Waals surface area contributed by atoms with Crippen LogP contribution >= 0.6 is 15.9 Å². The molecule has 82 valence electrons. The molecule has 1 N–H and O–H groups in total. The lowest BCUT2D eigenvalue weighted by Gasteiger charge is -2.10. The Morgan fingerprint density at radius 2 is 2.07 bits per heavy atom. The molecule has 0 saturated carbocycles. The van der Waals surface area contributed by atoms with Crippen LogP contribution in [-0.2, 0) is 4.79 Å². The van der Waals surface area contributed by atoms with Crippen molar-refractivity contribution in [1.82, 2.24) is 0 Å². The van der Waals surface area contributed by atoms with Gasteiger partial charge in [0, 0.05) is 4.47 Å². The zero-order valence-electron chi connectivity index (χ0n) is 8.50. The Labute approximate surface area is 96.2 Å². The van der Waals surface area contributed by atoms with Crippen LogP contribution < -0.4 is 0 Å². The minimum absolute atomic E-state index is 0.538. The number of benzene rings is 1. The topological polar surface area (TPSA) is 37.3 Å². The number of carbonyl (C=O) groups is 1. The number of halogens is 2. The molecule has 0 saturated heterocycles. The van der Waals surface area contributed by atoms with Crippen LogP contribution in [0, 0.1) is 0 Å². The zero-order chi connectivity index (χ0) is 11.6. The molecule has 0 fully saturated rings. The largest absolute Gasteiger partial charge is 0.481 e. The third-order valence-corrected chi connectivity index (χ3v) is 3.01. The summed E-state index contributed by atoms with van der Waals surface area (Å²) >= 11 is 3.23. The van der Waals surface area contributed by atoms with Crippen LogP contribution in [0.15, 0.2) is 22.7 Å². The molecule has 2 unspecified atom stereocenters. The van der Waals surface area contributed by atoms with E-state index in [1.54, 1.807) is 25.1 Å². The fourth-order valence-electron chi connectivity index (χ4n) is 1.28. The van der Waals surface area contributed by atoms with Gasteiger partial charge in [-0.05, 0) is 31.0 Å². The fraction of sp³-hybridized carbons (Fsp3) is 0.364. The number of aliphatic carboxylic acids is 1. The predicted molar refractivity (Wildman–Crippen MR) is 59.7 cm³/mol. The molecule has 0 aliphatic rings. The number of carboxylic acid groups (broad SMARTS) is 1. The van der Waals surface area contributed by atoms with Crippen LogP contribution in [-0.4, -0.2) is 11.1 Å². The monoisotopic (exact) mass is 274 g/mol. The van der Waals surface area contributed by atoms with Crippen LogP contribution in [0.1, 0.15) is 37.1 Å². The van der Waals surface area contributed by atoms with E-state index in [9.17, 15) is 9.18 Å². The first-order valence-electron chi connectivity index (χ1n) is 4.59. The summed E-state index contributed by atoms with van der Waals surface area (Å²) in [4.78, 5) is 10.7. The molecule has 1 rings (SSSR count). The Balaban J connectivity index is 3.06. The molecule has 1 aromatic carbocycles. The summed E-state index contributed by atoms with van der Waals surface area (Å²) in [5.41, 5.74) is 1.20. The van der Waals surface area contributed by atoms with Gasteiger partial charge in [-0.25, -0.2) is 4.39 Å². The lowest BCUT2D eigenvalue weighted by molar-refractivity contribution is -0.138. The van der Waals surface area contributed by atoms with Gasteiger partial charge in [0.15, 0.2) is 0 Å². The van der Waals surface area contributed by atoms with Crippen molar-refractivity contribution in [2.75, 3.05) is 0 Å². The number of hydrogen-bond acceptors (Lipinski definition) is 1. The maximum absolute atomic E-state index is 13.0. The van der Waals surface area contributed by atoms with E-state index in [-0.39, 0.29) is 0 Å². The molecule has 0 aliphatic carbocycles. The summed E-state index contributed by atoms with van der Waals surface area (Å²) in [6.07, 6.45) is -1.06. The van der Waals surface area contributed by atoms with Crippen molar-refractivity contribution < 1.29 is 14.3 Å². The Hall–Kier alpha value is -0.900. The van der Waals surface area contributed by atoms with Gasteiger partial charge < -0.3 is 5.11 Å². The minimum Gasteiger partial charge on any atom is -0.481 e. The van der Waals surface area contributed by atoms with Crippen LogP contribution in [0.3, 0.4) is 0 Å². The molecule has 0 radical (unpaired) electrons. The Morgan fingerprint density at radius 1 is 1.47 bits per heavy atom. The molecular formula is C11H12BrFO2. The van der Waals surface area contributed by atoms with Crippen molar-refractivity contribution in [3.05, 3.63) is 33.8 Å². The Bertz CT molecular complexity index is 377. The van der Waals surface area contributed by atoms with Crippen LogP contribution in [0.2, 0.25) is 0 Å². The number of rotatable bonds is 3. The molecule has 0 aromatic heterocycles. The van der Waals surface area contributed by atoms with E-state index in [2.05, 4.69) is 15.9 Å². The van der Waals surface area contributed by atoms with E-state index >= 15 is 0 Å². The van der Waals surface area contributed by atoms with Gasteiger partial charge in [0.25, 0.3) is 0 Å². The predicted octanol–water partition coefficient (Wildman–Crippen LogP) is 3.67. The highest BCUT2D eigenvalue weighted by Crippen LogP contribution is 2.29. The highest BCUT2D eigenvalue weighted by atomic mass is 79.9. The third-order valence-electron chi connectivity index (χ3n) is 2.32. The van der Waals surface area contributed by atoms with Crippen molar-refractivity contribution >= 4 is 21.9 Å². The van der Waals surface area contributed by atoms with Crippen molar-refractivity contribution in [3.63, 3.8) is 0 Å². The first-order chi connectivity index (χ1) is 6.93. The first-order valence-corrected chi connectivity index (χ1v) is 5.39. The van der Waals surface area contributed by atoms with E-state index in [1.165, 1.54) is 6.92 Å². The zero-order valence-corrected chi connectivity index (χ0v) is 10.1. The van der Waals surface area contributed by atoms with E-state index in [0.29, 0.717) is 15.6 Å². The van der Waals surface area contributed by atoms with Crippen LogP contribution in [0.25, 0.3) is 0 Å². The minimum atomic E-state index is -1.06. The molecule has 0 spiro atoms. The first kappa shape index (κ1) is 12.2. The van der Waals surface area contributed by atoms with Crippen molar-refractivity contribution in [2.45, 2.75) is 25.9 Å². The van der Waals surface area contributed by atoms with Gasteiger partial charge in [-0.15, -0.1) is 0 Å². The van der Waals surface area contributed by atoms with Gasteiger partial charge in [-0.2, -0.15) is 0 Å². The van der Waals surface area contributed by atoms with Crippen molar-refractivity contribution in [1.29, 1.82) is 0 Å². The fourth-order valence-corrected chi connectivity index (χ4v) is 1.99. The van der Waals surface area contributed by atoms with Gasteiger partial charge in [-0.1, -0.05) is 28.1 Å². The van der Waals surface area contributed by atoms with Crippen LogP contribution in [0.5, 0.6) is 0 Å². The second kappa shape index (κ2) is 4.75. The SMILES string of the molecule is CC(F)c1ccc(C(C)C(=O)O)cc1Br. The normalized spacial score (nSPS) is 14.7. The third kappa shape index (κ3) is 2.78. The molecule has 1 aromatic rings. The maximum atomic E-state index is 13.0. The van der Waals surface area contributed by atoms with E-state index < -0.39 is 18.1 Å². The molecule has 0 amide bonds. The molecule has 2 atom stereocenters. The van der Waals surface area contributed by atoms with Gasteiger partial charge in [-0.3, -0.25) is 4.79 Å². The maximum Gasteiger partial charge on any atom is 0.310 e. The molecule has 0 heterocycles. The number of alkyl halides is 1. The van der Waals surface area contributed by atoms with E-state index in [4.69, 9.17) is 5.11 Å². The van der Waals surface area contributed by atoms with Gasteiger partial charge in [0.05, 0.1) is 5.92 Å². The second-order valence-electron chi connectivity index (χ2n) is 3.46. The summed E-state index contributed by atoms with van der Waals surface area (Å²) in [6, 6.07) is 4.92. The quantitative estimate of drug-likeness (QED) is 0.913.